The number of benzene rings is 1. The van der Waals surface area contributed by atoms with Crippen LogP contribution < -0.4 is 5.32 Å². The molecule has 0 aliphatic heterocycles. The summed E-state index contributed by atoms with van der Waals surface area (Å²) in [6.07, 6.45) is 1.32. The van der Waals surface area contributed by atoms with Gasteiger partial charge in [0.2, 0.25) is 0 Å². The summed E-state index contributed by atoms with van der Waals surface area (Å²) in [7, 11) is 0. The van der Waals surface area contributed by atoms with Crippen molar-refractivity contribution >= 4 is 16.8 Å². The van der Waals surface area contributed by atoms with Gasteiger partial charge in [-0.2, -0.15) is 0 Å². The number of pyridine rings is 1. The lowest BCUT2D eigenvalue weighted by Gasteiger charge is -2.29. The molecule has 0 saturated heterocycles. The number of aliphatic hydroxyl groups is 1. The van der Waals surface area contributed by atoms with Gasteiger partial charge < -0.3 is 10.4 Å². The second kappa shape index (κ2) is 6.22. The molecule has 0 saturated carbocycles. The van der Waals surface area contributed by atoms with Crippen LogP contribution in [0, 0.1) is 6.92 Å². The molecule has 2 N–H and O–H groups in total. The number of nitrogens with zero attached hydrogens (tertiary/aromatic N) is 1. The Morgan fingerprint density at radius 1 is 1.33 bits per heavy atom. The van der Waals surface area contributed by atoms with E-state index in [2.05, 4.69) is 10.3 Å². The highest BCUT2D eigenvalue weighted by atomic mass is 16.3. The standard InChI is InChI=1S/C17H22N2O2/c1-4-17(3,9-10-20)19-16(21)14-7-8-15-13(11-14)6-5-12(2)18-15/h5-8,11,20H,4,9-10H2,1-3H3,(H,19,21). The van der Waals surface area contributed by atoms with Gasteiger partial charge in [0.15, 0.2) is 0 Å². The van der Waals surface area contributed by atoms with Crippen molar-refractivity contribution < 1.29 is 9.90 Å². The number of fused-ring (bicyclic) bond motifs is 1. The molecule has 0 fully saturated rings. The van der Waals surface area contributed by atoms with Gasteiger partial charge in [0.05, 0.1) is 5.52 Å². The highest BCUT2D eigenvalue weighted by molar-refractivity contribution is 5.98. The monoisotopic (exact) mass is 286 g/mol. The summed E-state index contributed by atoms with van der Waals surface area (Å²) < 4.78 is 0. The number of carbonyl (C=O) groups is 1. The molecule has 0 radical (unpaired) electrons. The Labute approximate surface area is 125 Å². The predicted octanol–water partition coefficient (Wildman–Crippen LogP) is 2.82. The maximum Gasteiger partial charge on any atom is 0.251 e. The quantitative estimate of drug-likeness (QED) is 0.888. The zero-order chi connectivity index (χ0) is 15.5. The number of amides is 1. The summed E-state index contributed by atoms with van der Waals surface area (Å²) in [5.74, 6) is -0.115. The average Bonchev–Trinajstić information content (AvgIpc) is 2.46. The van der Waals surface area contributed by atoms with Crippen molar-refractivity contribution in [1.82, 2.24) is 10.3 Å². The molecule has 0 aliphatic rings. The number of aliphatic hydroxyl groups excluding tert-OH is 1. The lowest BCUT2D eigenvalue weighted by molar-refractivity contribution is 0.0886. The first kappa shape index (κ1) is 15.4. The molecule has 21 heavy (non-hydrogen) atoms. The maximum absolute atomic E-state index is 12.4. The molecule has 1 aromatic heterocycles. The van der Waals surface area contributed by atoms with Crippen LogP contribution in [0.25, 0.3) is 10.9 Å². The number of hydrogen-bond donors (Lipinski definition) is 2. The summed E-state index contributed by atoms with van der Waals surface area (Å²) in [5.41, 5.74) is 2.08. The molecule has 0 bridgehead atoms. The highest BCUT2D eigenvalue weighted by Crippen LogP contribution is 2.18. The van der Waals surface area contributed by atoms with E-state index in [0.717, 1.165) is 23.0 Å². The molecule has 1 heterocycles. The topological polar surface area (TPSA) is 62.2 Å². The molecule has 0 spiro atoms. The van der Waals surface area contributed by atoms with E-state index >= 15 is 0 Å². The van der Waals surface area contributed by atoms with Crippen LogP contribution in [0.2, 0.25) is 0 Å². The van der Waals surface area contributed by atoms with Crippen LogP contribution in [-0.2, 0) is 0 Å². The molecular formula is C17H22N2O2. The lowest BCUT2D eigenvalue weighted by Crippen LogP contribution is -2.46. The van der Waals surface area contributed by atoms with Crippen LogP contribution in [0.5, 0.6) is 0 Å². The number of hydrogen-bond acceptors (Lipinski definition) is 3. The van der Waals surface area contributed by atoms with Crippen LogP contribution in [0.15, 0.2) is 30.3 Å². The van der Waals surface area contributed by atoms with Gasteiger partial charge in [-0.1, -0.05) is 13.0 Å². The van der Waals surface area contributed by atoms with Gasteiger partial charge in [0.1, 0.15) is 0 Å². The minimum absolute atomic E-state index is 0.0610. The predicted molar refractivity (Wildman–Crippen MR) is 84.3 cm³/mol. The minimum Gasteiger partial charge on any atom is -0.396 e. The Balaban J connectivity index is 2.25. The molecule has 1 unspecified atom stereocenters. The van der Waals surface area contributed by atoms with Gasteiger partial charge in [-0.05, 0) is 51.0 Å². The van der Waals surface area contributed by atoms with E-state index in [4.69, 9.17) is 5.11 Å². The Bertz CT molecular complexity index is 654. The molecule has 4 heteroatoms. The summed E-state index contributed by atoms with van der Waals surface area (Å²) >= 11 is 0. The van der Waals surface area contributed by atoms with Crippen LogP contribution in [0.4, 0.5) is 0 Å². The zero-order valence-corrected chi connectivity index (χ0v) is 12.8. The fourth-order valence-corrected chi connectivity index (χ4v) is 2.29. The van der Waals surface area contributed by atoms with Crippen molar-refractivity contribution in [3.8, 4) is 0 Å². The Hall–Kier alpha value is -1.94. The minimum atomic E-state index is -0.383. The third-order valence-corrected chi connectivity index (χ3v) is 3.95. The molecule has 1 aromatic carbocycles. The summed E-state index contributed by atoms with van der Waals surface area (Å²) in [6, 6.07) is 9.42. The normalized spacial score (nSPS) is 13.9. The first-order chi connectivity index (χ1) is 9.97. The lowest BCUT2D eigenvalue weighted by atomic mass is 9.94. The van der Waals surface area contributed by atoms with E-state index < -0.39 is 0 Å². The third-order valence-electron chi connectivity index (χ3n) is 3.95. The Morgan fingerprint density at radius 2 is 2.10 bits per heavy atom. The first-order valence-corrected chi connectivity index (χ1v) is 7.28. The number of aromatic nitrogens is 1. The van der Waals surface area contributed by atoms with Crippen molar-refractivity contribution in [2.45, 2.75) is 39.2 Å². The van der Waals surface area contributed by atoms with Gasteiger partial charge in [-0.3, -0.25) is 9.78 Å². The van der Waals surface area contributed by atoms with E-state index in [1.54, 1.807) is 6.07 Å². The van der Waals surface area contributed by atoms with Crippen molar-refractivity contribution in [1.29, 1.82) is 0 Å². The maximum atomic E-state index is 12.4. The summed E-state index contributed by atoms with van der Waals surface area (Å²) in [6.45, 7) is 5.96. The van der Waals surface area contributed by atoms with Gasteiger partial charge in [0.25, 0.3) is 5.91 Å². The average molecular weight is 286 g/mol. The van der Waals surface area contributed by atoms with Crippen LogP contribution >= 0.6 is 0 Å². The zero-order valence-electron chi connectivity index (χ0n) is 12.8. The fourth-order valence-electron chi connectivity index (χ4n) is 2.29. The second-order valence-electron chi connectivity index (χ2n) is 5.70. The molecular weight excluding hydrogens is 264 g/mol. The van der Waals surface area contributed by atoms with E-state index in [0.29, 0.717) is 12.0 Å². The number of carbonyl (C=O) groups excluding carboxylic acids is 1. The SMILES string of the molecule is CCC(C)(CCO)NC(=O)c1ccc2nc(C)ccc2c1. The van der Waals surface area contributed by atoms with Gasteiger partial charge in [-0.25, -0.2) is 0 Å². The Morgan fingerprint density at radius 3 is 2.76 bits per heavy atom. The Kier molecular flexibility index (Phi) is 4.58. The summed E-state index contributed by atoms with van der Waals surface area (Å²) in [5, 5.41) is 13.1. The smallest absolute Gasteiger partial charge is 0.251 e. The van der Waals surface area contributed by atoms with Crippen molar-refractivity contribution in [2.24, 2.45) is 0 Å². The van der Waals surface area contributed by atoms with Gasteiger partial charge >= 0.3 is 0 Å². The molecule has 4 nitrogen and oxygen atoms in total. The van der Waals surface area contributed by atoms with Crippen LogP contribution in [-0.4, -0.2) is 28.1 Å². The van der Waals surface area contributed by atoms with Crippen molar-refractivity contribution in [3.05, 3.63) is 41.6 Å². The van der Waals surface area contributed by atoms with E-state index in [9.17, 15) is 4.79 Å². The fraction of sp³-hybridized carbons (Fsp3) is 0.412. The summed E-state index contributed by atoms with van der Waals surface area (Å²) in [4.78, 5) is 16.8. The molecule has 1 atom stereocenters. The molecule has 1 amide bonds. The van der Waals surface area contributed by atoms with Crippen molar-refractivity contribution in [3.63, 3.8) is 0 Å². The molecule has 2 rings (SSSR count). The largest absolute Gasteiger partial charge is 0.396 e. The third kappa shape index (κ3) is 3.58. The number of aryl methyl sites for hydroxylation is 1. The van der Waals surface area contributed by atoms with Crippen molar-refractivity contribution in [2.75, 3.05) is 6.61 Å². The molecule has 112 valence electrons. The second-order valence-corrected chi connectivity index (χ2v) is 5.70. The number of nitrogens with one attached hydrogen (secondary N) is 1. The van der Waals surface area contributed by atoms with Crippen LogP contribution in [0.3, 0.4) is 0 Å². The highest BCUT2D eigenvalue weighted by Gasteiger charge is 2.24. The van der Waals surface area contributed by atoms with Gasteiger partial charge in [0, 0.05) is 28.8 Å². The van der Waals surface area contributed by atoms with E-state index in [1.807, 2.05) is 45.0 Å². The molecule has 0 aliphatic carbocycles. The first-order valence-electron chi connectivity index (χ1n) is 7.28. The van der Waals surface area contributed by atoms with Gasteiger partial charge in [-0.15, -0.1) is 0 Å². The van der Waals surface area contributed by atoms with E-state index in [1.165, 1.54) is 0 Å². The number of rotatable bonds is 5. The molecule has 2 aromatic rings. The van der Waals surface area contributed by atoms with E-state index in [-0.39, 0.29) is 18.1 Å². The van der Waals surface area contributed by atoms with Crippen LogP contribution in [0.1, 0.15) is 42.7 Å².